The monoisotopic (exact) mass is 247 g/mol. The van der Waals surface area contributed by atoms with Gasteiger partial charge in [0, 0.05) is 0 Å². The second-order valence-corrected chi connectivity index (χ2v) is 3.41. The van der Waals surface area contributed by atoms with Crippen LogP contribution < -0.4 is 10.2 Å². The minimum absolute atomic E-state index is 0.108. The summed E-state index contributed by atoms with van der Waals surface area (Å²) in [5.74, 6) is -0.684. The number of carbonyl (C=O) groups excluding carboxylic acids is 1. The lowest BCUT2D eigenvalue weighted by Crippen LogP contribution is -2.35. The van der Waals surface area contributed by atoms with Gasteiger partial charge in [0.25, 0.3) is 5.91 Å². The van der Waals surface area contributed by atoms with E-state index in [4.69, 9.17) is 16.3 Å². The second kappa shape index (κ2) is 5.67. The van der Waals surface area contributed by atoms with E-state index in [-0.39, 0.29) is 10.8 Å². The topological polar surface area (TPSA) is 47.6 Å². The molecular formula is C10H11ClFNO3. The third-order valence-electron chi connectivity index (χ3n) is 1.77. The van der Waals surface area contributed by atoms with Crippen LogP contribution in [0.2, 0.25) is 5.02 Å². The summed E-state index contributed by atoms with van der Waals surface area (Å²) in [6.07, 6.45) is -0.789. The molecular weight excluding hydrogens is 237 g/mol. The molecule has 16 heavy (non-hydrogen) atoms. The van der Waals surface area contributed by atoms with Gasteiger partial charge in [0.15, 0.2) is 6.10 Å². The lowest BCUT2D eigenvalue weighted by Gasteiger charge is -2.14. The van der Waals surface area contributed by atoms with Crippen molar-refractivity contribution in [1.29, 1.82) is 0 Å². The minimum atomic E-state index is -0.789. The van der Waals surface area contributed by atoms with Gasteiger partial charge in [0.1, 0.15) is 11.6 Å². The molecule has 0 fully saturated rings. The highest BCUT2D eigenvalue weighted by molar-refractivity contribution is 6.32. The Morgan fingerprint density at radius 2 is 2.25 bits per heavy atom. The molecule has 1 aromatic rings. The molecule has 1 N–H and O–H groups in total. The van der Waals surface area contributed by atoms with E-state index in [9.17, 15) is 9.18 Å². The fraction of sp³-hybridized carbons (Fsp3) is 0.300. The molecule has 1 rings (SSSR count). The highest BCUT2D eigenvalue weighted by atomic mass is 35.5. The third kappa shape index (κ3) is 3.36. The zero-order valence-electron chi connectivity index (χ0n) is 8.79. The Balaban J connectivity index is 2.69. The Morgan fingerprint density at radius 3 is 2.81 bits per heavy atom. The van der Waals surface area contributed by atoms with Crippen LogP contribution in [0, 0.1) is 5.82 Å². The maximum absolute atomic E-state index is 12.7. The average Bonchev–Trinajstić information content (AvgIpc) is 2.22. The molecule has 0 spiro atoms. The fourth-order valence-corrected chi connectivity index (χ4v) is 1.21. The van der Waals surface area contributed by atoms with E-state index in [0.717, 1.165) is 6.07 Å². The predicted molar refractivity (Wildman–Crippen MR) is 56.7 cm³/mol. The van der Waals surface area contributed by atoms with Gasteiger partial charge in [-0.15, -0.1) is 0 Å². The normalized spacial score (nSPS) is 12.0. The van der Waals surface area contributed by atoms with Crippen LogP contribution in [-0.2, 0) is 9.63 Å². The van der Waals surface area contributed by atoms with Crippen molar-refractivity contribution in [3.8, 4) is 5.75 Å². The van der Waals surface area contributed by atoms with E-state index in [0.29, 0.717) is 0 Å². The van der Waals surface area contributed by atoms with Crippen molar-refractivity contribution >= 4 is 17.5 Å². The first kappa shape index (κ1) is 12.7. The zero-order chi connectivity index (χ0) is 12.1. The molecule has 1 amide bonds. The average molecular weight is 248 g/mol. The van der Waals surface area contributed by atoms with Crippen LogP contribution in [0.3, 0.4) is 0 Å². The van der Waals surface area contributed by atoms with Crippen LogP contribution in [0.1, 0.15) is 6.92 Å². The van der Waals surface area contributed by atoms with Gasteiger partial charge in [-0.05, 0) is 25.1 Å². The van der Waals surface area contributed by atoms with E-state index < -0.39 is 17.8 Å². The molecule has 0 saturated heterocycles. The van der Waals surface area contributed by atoms with Crippen molar-refractivity contribution in [2.24, 2.45) is 0 Å². The van der Waals surface area contributed by atoms with E-state index in [1.165, 1.54) is 26.2 Å². The maximum atomic E-state index is 12.7. The summed E-state index contributed by atoms with van der Waals surface area (Å²) in [7, 11) is 1.31. The van der Waals surface area contributed by atoms with E-state index >= 15 is 0 Å². The number of carbonyl (C=O) groups is 1. The quantitative estimate of drug-likeness (QED) is 0.827. The van der Waals surface area contributed by atoms with Gasteiger partial charge in [-0.25, -0.2) is 9.87 Å². The summed E-state index contributed by atoms with van der Waals surface area (Å²) >= 11 is 5.73. The van der Waals surface area contributed by atoms with Gasteiger partial charge >= 0.3 is 0 Å². The number of halogens is 2. The van der Waals surface area contributed by atoms with Gasteiger partial charge < -0.3 is 4.74 Å². The van der Waals surface area contributed by atoms with Gasteiger partial charge in [-0.3, -0.25) is 9.63 Å². The Kier molecular flexibility index (Phi) is 4.52. The lowest BCUT2D eigenvalue weighted by molar-refractivity contribution is -0.137. The van der Waals surface area contributed by atoms with Crippen LogP contribution in [0.4, 0.5) is 4.39 Å². The lowest BCUT2D eigenvalue weighted by atomic mass is 10.3. The molecule has 0 heterocycles. The predicted octanol–water partition coefficient (Wildman–Crippen LogP) is 1.92. The van der Waals surface area contributed by atoms with Crippen molar-refractivity contribution in [3.05, 3.63) is 29.0 Å². The second-order valence-electron chi connectivity index (χ2n) is 3.01. The SMILES string of the molecule is CONC(=O)C(C)Oc1ccc(F)cc1Cl. The molecule has 1 aromatic carbocycles. The number of benzene rings is 1. The number of hydrogen-bond donors (Lipinski definition) is 1. The molecule has 0 bridgehead atoms. The Morgan fingerprint density at radius 1 is 1.56 bits per heavy atom. The number of rotatable bonds is 4. The molecule has 0 radical (unpaired) electrons. The van der Waals surface area contributed by atoms with Crippen LogP contribution in [-0.4, -0.2) is 19.1 Å². The molecule has 0 aromatic heterocycles. The largest absolute Gasteiger partial charge is 0.479 e. The first-order valence-corrected chi connectivity index (χ1v) is 4.87. The third-order valence-corrected chi connectivity index (χ3v) is 2.06. The molecule has 0 aliphatic rings. The van der Waals surface area contributed by atoms with Gasteiger partial charge in [0.05, 0.1) is 12.1 Å². The zero-order valence-corrected chi connectivity index (χ0v) is 9.55. The summed E-state index contributed by atoms with van der Waals surface area (Å²) in [5, 5.41) is 0.108. The van der Waals surface area contributed by atoms with E-state index in [1.807, 2.05) is 0 Å². The van der Waals surface area contributed by atoms with Crippen LogP contribution in [0.5, 0.6) is 5.75 Å². The number of nitrogens with one attached hydrogen (secondary N) is 1. The van der Waals surface area contributed by atoms with Gasteiger partial charge in [-0.2, -0.15) is 0 Å². The van der Waals surface area contributed by atoms with Crippen molar-refractivity contribution in [3.63, 3.8) is 0 Å². The molecule has 6 heteroatoms. The summed E-state index contributed by atoms with van der Waals surface area (Å²) < 4.78 is 17.9. The molecule has 1 unspecified atom stereocenters. The molecule has 0 aliphatic heterocycles. The molecule has 0 saturated carbocycles. The maximum Gasteiger partial charge on any atom is 0.284 e. The van der Waals surface area contributed by atoms with Gasteiger partial charge in [-0.1, -0.05) is 11.6 Å². The highest BCUT2D eigenvalue weighted by Crippen LogP contribution is 2.25. The molecule has 1 atom stereocenters. The highest BCUT2D eigenvalue weighted by Gasteiger charge is 2.15. The number of hydrogen-bond acceptors (Lipinski definition) is 3. The first-order valence-electron chi connectivity index (χ1n) is 4.49. The van der Waals surface area contributed by atoms with Crippen LogP contribution >= 0.6 is 11.6 Å². The summed E-state index contributed by atoms with van der Waals surface area (Å²) in [4.78, 5) is 15.7. The van der Waals surface area contributed by atoms with Crippen LogP contribution in [0.15, 0.2) is 18.2 Å². The number of ether oxygens (including phenoxy) is 1. The summed E-state index contributed by atoms with van der Waals surface area (Å²) in [5.41, 5.74) is 2.12. The minimum Gasteiger partial charge on any atom is -0.479 e. The van der Waals surface area contributed by atoms with Crippen LogP contribution in [0.25, 0.3) is 0 Å². The Bertz CT molecular complexity index is 386. The number of amides is 1. The Labute approximate surface area is 97.3 Å². The number of hydroxylamine groups is 1. The van der Waals surface area contributed by atoms with E-state index in [1.54, 1.807) is 0 Å². The van der Waals surface area contributed by atoms with Crippen molar-refractivity contribution in [1.82, 2.24) is 5.48 Å². The standard InChI is InChI=1S/C10H11ClFNO3/c1-6(10(14)13-15-2)16-9-4-3-7(12)5-8(9)11/h3-6H,1-2H3,(H,13,14). The summed E-state index contributed by atoms with van der Waals surface area (Å²) in [6.45, 7) is 1.52. The summed E-state index contributed by atoms with van der Waals surface area (Å²) in [6, 6.07) is 3.66. The van der Waals surface area contributed by atoms with Crippen molar-refractivity contribution < 1.29 is 18.8 Å². The molecule has 0 aliphatic carbocycles. The first-order chi connectivity index (χ1) is 7.54. The van der Waals surface area contributed by atoms with Crippen molar-refractivity contribution in [2.75, 3.05) is 7.11 Å². The van der Waals surface area contributed by atoms with Crippen molar-refractivity contribution in [2.45, 2.75) is 13.0 Å². The molecule has 4 nitrogen and oxygen atoms in total. The Hall–Kier alpha value is -1.33. The van der Waals surface area contributed by atoms with Gasteiger partial charge in [0.2, 0.25) is 0 Å². The van der Waals surface area contributed by atoms with E-state index in [2.05, 4.69) is 10.3 Å². The molecule has 88 valence electrons. The fourth-order valence-electron chi connectivity index (χ4n) is 0.998. The smallest absolute Gasteiger partial charge is 0.284 e.